The molecule has 1 saturated heterocycles. The highest BCUT2D eigenvalue weighted by Crippen LogP contribution is 2.22. The van der Waals surface area contributed by atoms with Gasteiger partial charge in [-0.2, -0.15) is 0 Å². The number of carbonyl (C=O) groups is 2. The van der Waals surface area contributed by atoms with E-state index in [0.29, 0.717) is 18.5 Å². The van der Waals surface area contributed by atoms with Gasteiger partial charge in [0.05, 0.1) is 24.8 Å². The lowest BCUT2D eigenvalue weighted by Gasteiger charge is -2.23. The van der Waals surface area contributed by atoms with Crippen LogP contribution in [0.15, 0.2) is 66.7 Å². The number of ether oxygens (including phenoxy) is 1. The average Bonchev–Trinajstić information content (AvgIpc) is 3.20. The van der Waals surface area contributed by atoms with Crippen molar-refractivity contribution >= 4 is 11.9 Å². The Bertz CT molecular complexity index is 940. The van der Waals surface area contributed by atoms with Gasteiger partial charge in [-0.3, -0.25) is 4.79 Å². The van der Waals surface area contributed by atoms with Crippen LogP contribution in [0.4, 0.5) is 0 Å². The normalized spacial score (nSPS) is 18.0. The highest BCUT2D eigenvalue weighted by Gasteiger charge is 2.28. The van der Waals surface area contributed by atoms with Crippen LogP contribution < -0.4 is 0 Å². The molecule has 0 aliphatic carbocycles. The number of aliphatic hydroxyl groups is 1. The number of hydrogen-bond donors (Lipinski definition) is 1. The fourth-order valence-electron chi connectivity index (χ4n) is 4.31. The molecule has 1 aliphatic rings. The van der Waals surface area contributed by atoms with Gasteiger partial charge in [0.2, 0.25) is 5.91 Å². The summed E-state index contributed by atoms with van der Waals surface area (Å²) in [5.41, 5.74) is 2.88. The largest absolute Gasteiger partial charge is 0.465 e. The zero-order chi connectivity index (χ0) is 23.6. The van der Waals surface area contributed by atoms with Crippen molar-refractivity contribution in [1.29, 1.82) is 0 Å². The SMILES string of the molecule is COC(=O)c1cccc(CCCN2C(=O)CC[C@@H]2C=C[C@@H](O)[C@@H](C)CCc2ccccc2)c1. The fourth-order valence-corrected chi connectivity index (χ4v) is 4.31. The number of likely N-dealkylation sites (tertiary alicyclic amines) is 1. The molecule has 1 N–H and O–H groups in total. The quantitative estimate of drug-likeness (QED) is 0.403. The van der Waals surface area contributed by atoms with Crippen LogP contribution in [0.5, 0.6) is 0 Å². The van der Waals surface area contributed by atoms with Gasteiger partial charge in [0.15, 0.2) is 0 Å². The van der Waals surface area contributed by atoms with E-state index in [0.717, 1.165) is 37.7 Å². The van der Waals surface area contributed by atoms with E-state index in [1.54, 1.807) is 6.07 Å². The molecule has 0 spiro atoms. The van der Waals surface area contributed by atoms with Crippen molar-refractivity contribution in [2.75, 3.05) is 13.7 Å². The van der Waals surface area contributed by atoms with Gasteiger partial charge in [0, 0.05) is 13.0 Å². The lowest BCUT2D eigenvalue weighted by Crippen LogP contribution is -2.33. The van der Waals surface area contributed by atoms with E-state index in [4.69, 9.17) is 4.74 Å². The second-order valence-electron chi connectivity index (χ2n) is 8.87. The third-order valence-electron chi connectivity index (χ3n) is 6.43. The molecule has 0 bridgehead atoms. The minimum absolute atomic E-state index is 0.0369. The van der Waals surface area contributed by atoms with Crippen molar-refractivity contribution in [3.63, 3.8) is 0 Å². The molecule has 5 heteroatoms. The molecular weight excluding hydrogens is 414 g/mol. The van der Waals surface area contributed by atoms with E-state index >= 15 is 0 Å². The Hall–Kier alpha value is -2.92. The number of carbonyl (C=O) groups excluding carboxylic acids is 2. The number of hydrogen-bond acceptors (Lipinski definition) is 4. The predicted molar refractivity (Wildman–Crippen MR) is 130 cm³/mol. The van der Waals surface area contributed by atoms with Crippen molar-refractivity contribution in [2.24, 2.45) is 5.92 Å². The summed E-state index contributed by atoms with van der Waals surface area (Å²) in [5, 5.41) is 10.6. The standard InChI is InChI=1S/C28H35NO4/c1-21(13-14-22-8-4-3-5-9-22)26(30)17-15-25-16-18-27(31)29(25)19-7-11-23-10-6-12-24(20-23)28(32)33-2/h3-6,8-10,12,15,17,20-21,25-26,30H,7,11,13-14,16,18-19H2,1-2H3/t21-,25-,26+/m0/s1. The average molecular weight is 450 g/mol. The molecule has 3 rings (SSSR count). The molecule has 0 saturated carbocycles. The van der Waals surface area contributed by atoms with Crippen LogP contribution in [0, 0.1) is 5.92 Å². The van der Waals surface area contributed by atoms with Crippen molar-refractivity contribution in [3.8, 4) is 0 Å². The van der Waals surface area contributed by atoms with E-state index < -0.39 is 6.10 Å². The van der Waals surface area contributed by atoms with E-state index in [1.807, 2.05) is 53.5 Å². The molecule has 176 valence electrons. The van der Waals surface area contributed by atoms with Crippen LogP contribution in [0.2, 0.25) is 0 Å². The third-order valence-corrected chi connectivity index (χ3v) is 6.43. The van der Waals surface area contributed by atoms with Crippen LogP contribution in [-0.2, 0) is 22.4 Å². The van der Waals surface area contributed by atoms with Crippen LogP contribution in [0.25, 0.3) is 0 Å². The fraction of sp³-hybridized carbons (Fsp3) is 0.429. The molecule has 3 atom stereocenters. The number of nitrogens with zero attached hydrogens (tertiary/aromatic N) is 1. The second kappa shape index (κ2) is 12.4. The molecular formula is C28H35NO4. The summed E-state index contributed by atoms with van der Waals surface area (Å²) < 4.78 is 4.79. The highest BCUT2D eigenvalue weighted by molar-refractivity contribution is 5.89. The molecule has 1 fully saturated rings. The molecule has 5 nitrogen and oxygen atoms in total. The molecule has 0 aromatic heterocycles. The molecule has 0 unspecified atom stereocenters. The Kier molecular flexibility index (Phi) is 9.25. The maximum absolute atomic E-state index is 12.4. The van der Waals surface area contributed by atoms with Gasteiger partial charge >= 0.3 is 5.97 Å². The summed E-state index contributed by atoms with van der Waals surface area (Å²) in [6, 6.07) is 17.8. The van der Waals surface area contributed by atoms with Gasteiger partial charge in [-0.25, -0.2) is 4.79 Å². The minimum Gasteiger partial charge on any atom is -0.465 e. The summed E-state index contributed by atoms with van der Waals surface area (Å²) in [6.45, 7) is 2.73. The van der Waals surface area contributed by atoms with E-state index in [1.165, 1.54) is 12.7 Å². The van der Waals surface area contributed by atoms with Gasteiger partial charge in [-0.15, -0.1) is 0 Å². The zero-order valence-corrected chi connectivity index (χ0v) is 19.7. The maximum atomic E-state index is 12.4. The summed E-state index contributed by atoms with van der Waals surface area (Å²) in [5.74, 6) is -0.0259. The predicted octanol–water partition coefficient (Wildman–Crippen LogP) is 4.58. The lowest BCUT2D eigenvalue weighted by molar-refractivity contribution is -0.128. The number of amides is 1. The minimum atomic E-state index is -0.521. The van der Waals surface area contributed by atoms with E-state index in [-0.39, 0.29) is 23.8 Å². The van der Waals surface area contributed by atoms with Crippen LogP contribution in [-0.4, -0.2) is 47.7 Å². The number of rotatable bonds is 11. The van der Waals surface area contributed by atoms with Crippen molar-refractivity contribution in [2.45, 2.75) is 57.6 Å². The zero-order valence-electron chi connectivity index (χ0n) is 19.7. The van der Waals surface area contributed by atoms with Gasteiger partial charge in [0.1, 0.15) is 0 Å². The van der Waals surface area contributed by atoms with Crippen molar-refractivity contribution in [3.05, 3.63) is 83.4 Å². The number of aryl methyl sites for hydroxylation is 2. The topological polar surface area (TPSA) is 66.8 Å². The van der Waals surface area contributed by atoms with E-state index in [9.17, 15) is 14.7 Å². The Morgan fingerprint density at radius 1 is 1.15 bits per heavy atom. The number of benzene rings is 2. The van der Waals surface area contributed by atoms with Crippen LogP contribution in [0.1, 0.15) is 54.1 Å². The maximum Gasteiger partial charge on any atom is 0.337 e. The first kappa shape index (κ1) is 24.7. The molecule has 33 heavy (non-hydrogen) atoms. The summed E-state index contributed by atoms with van der Waals surface area (Å²) in [6.07, 6.45) is 8.14. The van der Waals surface area contributed by atoms with Crippen LogP contribution >= 0.6 is 0 Å². The van der Waals surface area contributed by atoms with Gasteiger partial charge in [-0.1, -0.05) is 61.5 Å². The molecule has 1 aliphatic heterocycles. The lowest BCUT2D eigenvalue weighted by atomic mass is 9.95. The van der Waals surface area contributed by atoms with Gasteiger partial charge in [0.25, 0.3) is 0 Å². The number of methoxy groups -OCH3 is 1. The Balaban J connectivity index is 1.48. The van der Waals surface area contributed by atoms with Gasteiger partial charge < -0.3 is 14.7 Å². The van der Waals surface area contributed by atoms with E-state index in [2.05, 4.69) is 19.1 Å². The first-order valence-electron chi connectivity index (χ1n) is 11.8. The molecule has 2 aromatic rings. The number of esters is 1. The molecule has 2 aromatic carbocycles. The van der Waals surface area contributed by atoms with Crippen LogP contribution in [0.3, 0.4) is 0 Å². The second-order valence-corrected chi connectivity index (χ2v) is 8.87. The number of aliphatic hydroxyl groups excluding tert-OH is 1. The molecule has 0 radical (unpaired) electrons. The summed E-state index contributed by atoms with van der Waals surface area (Å²) in [4.78, 5) is 26.1. The first-order chi connectivity index (χ1) is 16.0. The van der Waals surface area contributed by atoms with Gasteiger partial charge in [-0.05, 0) is 61.3 Å². The summed E-state index contributed by atoms with van der Waals surface area (Å²) in [7, 11) is 1.38. The Morgan fingerprint density at radius 3 is 2.67 bits per heavy atom. The summed E-state index contributed by atoms with van der Waals surface area (Å²) >= 11 is 0. The molecule has 1 amide bonds. The molecule has 1 heterocycles. The van der Waals surface area contributed by atoms with Crippen molar-refractivity contribution < 1.29 is 19.4 Å². The highest BCUT2D eigenvalue weighted by atomic mass is 16.5. The smallest absolute Gasteiger partial charge is 0.337 e. The van der Waals surface area contributed by atoms with Crippen molar-refractivity contribution in [1.82, 2.24) is 4.90 Å². The first-order valence-corrected chi connectivity index (χ1v) is 11.8. The monoisotopic (exact) mass is 449 g/mol. The Labute approximate surface area is 197 Å². The Morgan fingerprint density at radius 2 is 1.91 bits per heavy atom. The third kappa shape index (κ3) is 7.29.